The molecule has 1 aliphatic heterocycles. The Bertz CT molecular complexity index is 804. The van der Waals surface area contributed by atoms with Gasteiger partial charge in [0.1, 0.15) is 0 Å². The second-order valence-electron chi connectivity index (χ2n) is 5.49. The van der Waals surface area contributed by atoms with Crippen LogP contribution in [0.15, 0.2) is 55.0 Å². The number of benzene rings is 1. The summed E-state index contributed by atoms with van der Waals surface area (Å²) >= 11 is 0. The first kappa shape index (κ1) is 12.9. The average Bonchev–Trinajstić information content (AvgIpc) is 3.25. The summed E-state index contributed by atoms with van der Waals surface area (Å²) in [5, 5.41) is 7.05. The average molecular weight is 292 g/mol. The number of fused-ring (bicyclic) bond motifs is 1. The molecule has 0 bridgehead atoms. The highest BCUT2D eigenvalue weighted by Crippen LogP contribution is 2.19. The minimum atomic E-state index is 0.0702. The topological polar surface area (TPSA) is 53.9 Å². The van der Waals surface area contributed by atoms with Crippen molar-refractivity contribution in [2.75, 3.05) is 6.54 Å². The van der Waals surface area contributed by atoms with E-state index < -0.39 is 0 Å². The number of carbonyl (C=O) groups is 1. The molecule has 0 saturated carbocycles. The predicted molar refractivity (Wildman–Crippen MR) is 82.8 cm³/mol. The van der Waals surface area contributed by atoms with Gasteiger partial charge in [-0.1, -0.05) is 6.07 Å². The zero-order chi connectivity index (χ0) is 14.9. The van der Waals surface area contributed by atoms with Gasteiger partial charge in [-0.3, -0.25) is 9.89 Å². The third-order valence-corrected chi connectivity index (χ3v) is 4.08. The van der Waals surface area contributed by atoms with Gasteiger partial charge >= 0.3 is 0 Å². The fraction of sp³-hybridized carbons (Fsp3) is 0.176. The molecular formula is C17H16N4O. The fourth-order valence-corrected chi connectivity index (χ4v) is 2.88. The third-order valence-electron chi connectivity index (χ3n) is 4.08. The number of hydrogen-bond donors (Lipinski definition) is 1. The Labute approximate surface area is 128 Å². The van der Waals surface area contributed by atoms with Crippen molar-refractivity contribution in [1.29, 1.82) is 0 Å². The Morgan fingerprint density at radius 2 is 2.05 bits per heavy atom. The Kier molecular flexibility index (Phi) is 3.04. The van der Waals surface area contributed by atoms with Crippen LogP contribution < -0.4 is 0 Å². The van der Waals surface area contributed by atoms with Gasteiger partial charge in [-0.05, 0) is 30.3 Å². The summed E-state index contributed by atoms with van der Waals surface area (Å²) in [5.74, 6) is 0.0702. The van der Waals surface area contributed by atoms with Crippen molar-refractivity contribution < 1.29 is 4.79 Å². The van der Waals surface area contributed by atoms with Gasteiger partial charge in [-0.25, -0.2) is 0 Å². The van der Waals surface area contributed by atoms with Crippen molar-refractivity contribution in [3.8, 4) is 5.69 Å². The van der Waals surface area contributed by atoms with Crippen molar-refractivity contribution in [2.24, 2.45) is 0 Å². The quantitative estimate of drug-likeness (QED) is 0.788. The van der Waals surface area contributed by atoms with E-state index in [1.807, 2.05) is 64.5 Å². The van der Waals surface area contributed by atoms with Gasteiger partial charge in [0.2, 0.25) is 0 Å². The van der Waals surface area contributed by atoms with E-state index in [1.54, 1.807) is 0 Å². The van der Waals surface area contributed by atoms with Crippen molar-refractivity contribution in [1.82, 2.24) is 19.7 Å². The van der Waals surface area contributed by atoms with Crippen LogP contribution in [0.5, 0.6) is 0 Å². The number of nitrogens with zero attached hydrogens (tertiary/aromatic N) is 3. The first-order valence-electron chi connectivity index (χ1n) is 7.35. The number of aromatic amines is 1. The lowest BCUT2D eigenvalue weighted by molar-refractivity contribution is 0.0734. The Morgan fingerprint density at radius 1 is 1.18 bits per heavy atom. The maximum Gasteiger partial charge on any atom is 0.254 e. The van der Waals surface area contributed by atoms with E-state index in [1.165, 1.54) is 0 Å². The summed E-state index contributed by atoms with van der Waals surface area (Å²) in [6, 6.07) is 11.7. The molecule has 5 heteroatoms. The monoisotopic (exact) mass is 292 g/mol. The first-order chi connectivity index (χ1) is 10.8. The third kappa shape index (κ3) is 2.20. The number of nitrogens with one attached hydrogen (secondary N) is 1. The van der Waals surface area contributed by atoms with Gasteiger partial charge in [0.15, 0.2) is 0 Å². The molecule has 1 aliphatic rings. The van der Waals surface area contributed by atoms with Crippen LogP contribution in [0.1, 0.15) is 21.6 Å². The van der Waals surface area contributed by atoms with Crippen molar-refractivity contribution in [3.63, 3.8) is 0 Å². The Balaban J connectivity index is 1.60. The van der Waals surface area contributed by atoms with Crippen LogP contribution in [0.2, 0.25) is 0 Å². The molecule has 0 radical (unpaired) electrons. The molecule has 0 spiro atoms. The van der Waals surface area contributed by atoms with Crippen LogP contribution in [0.4, 0.5) is 0 Å². The minimum absolute atomic E-state index is 0.0702. The second kappa shape index (κ2) is 5.18. The molecular weight excluding hydrogens is 276 g/mol. The maximum absolute atomic E-state index is 12.7. The van der Waals surface area contributed by atoms with E-state index in [0.717, 1.165) is 35.5 Å². The molecule has 22 heavy (non-hydrogen) atoms. The maximum atomic E-state index is 12.7. The fourth-order valence-electron chi connectivity index (χ4n) is 2.88. The first-order valence-corrected chi connectivity index (χ1v) is 7.35. The zero-order valence-electron chi connectivity index (χ0n) is 12.1. The molecule has 0 unspecified atom stereocenters. The van der Waals surface area contributed by atoms with E-state index in [4.69, 9.17) is 0 Å². The van der Waals surface area contributed by atoms with Gasteiger partial charge in [-0.15, -0.1) is 0 Å². The van der Waals surface area contributed by atoms with E-state index in [9.17, 15) is 4.79 Å². The smallest absolute Gasteiger partial charge is 0.254 e. The molecule has 1 amide bonds. The van der Waals surface area contributed by atoms with Crippen LogP contribution in [0, 0.1) is 0 Å². The molecule has 5 nitrogen and oxygen atoms in total. The number of rotatable bonds is 2. The number of hydrogen-bond acceptors (Lipinski definition) is 2. The lowest BCUT2D eigenvalue weighted by Crippen LogP contribution is -2.35. The van der Waals surface area contributed by atoms with E-state index in [0.29, 0.717) is 6.54 Å². The largest absolute Gasteiger partial charge is 0.334 e. The molecule has 0 aliphatic carbocycles. The van der Waals surface area contributed by atoms with Gasteiger partial charge in [0.05, 0.1) is 6.20 Å². The van der Waals surface area contributed by atoms with E-state index >= 15 is 0 Å². The summed E-state index contributed by atoms with van der Waals surface area (Å²) in [6.45, 7) is 1.35. The zero-order valence-corrected chi connectivity index (χ0v) is 12.1. The lowest BCUT2D eigenvalue weighted by atomic mass is 10.1. The van der Waals surface area contributed by atoms with Crippen LogP contribution in [-0.2, 0) is 13.0 Å². The molecule has 0 saturated heterocycles. The lowest BCUT2D eigenvalue weighted by Gasteiger charge is -2.26. The van der Waals surface area contributed by atoms with Crippen LogP contribution in [-0.4, -0.2) is 32.1 Å². The standard InChI is InChI=1S/C17H16N4O/c22-17(21-9-6-16-14(12-21)11-18-19-16)13-4-3-5-15(10-13)20-7-1-2-8-20/h1-5,7-8,10-11H,6,9,12H2,(H,18,19). The van der Waals surface area contributed by atoms with Gasteiger partial charge in [0.25, 0.3) is 5.91 Å². The van der Waals surface area contributed by atoms with E-state index in [2.05, 4.69) is 10.2 Å². The molecule has 2 aromatic heterocycles. The summed E-state index contributed by atoms with van der Waals surface area (Å²) < 4.78 is 2.00. The molecule has 0 fully saturated rings. The molecule has 110 valence electrons. The van der Waals surface area contributed by atoms with Crippen LogP contribution in [0.3, 0.4) is 0 Å². The summed E-state index contributed by atoms with van der Waals surface area (Å²) in [4.78, 5) is 14.6. The number of aromatic nitrogens is 3. The SMILES string of the molecule is O=C(c1cccc(-n2cccc2)c1)N1CCc2[nH]ncc2C1. The molecule has 1 N–H and O–H groups in total. The molecule has 3 aromatic rings. The van der Waals surface area contributed by atoms with Gasteiger partial charge in [0, 0.05) is 54.4 Å². The normalized spacial score (nSPS) is 13.9. The van der Waals surface area contributed by atoms with Crippen molar-refractivity contribution >= 4 is 5.91 Å². The molecule has 3 heterocycles. The highest BCUT2D eigenvalue weighted by molar-refractivity contribution is 5.94. The number of amides is 1. The summed E-state index contributed by atoms with van der Waals surface area (Å²) in [5.41, 5.74) is 3.97. The predicted octanol–water partition coefficient (Wildman–Crippen LogP) is 2.40. The van der Waals surface area contributed by atoms with Crippen LogP contribution >= 0.6 is 0 Å². The molecule has 4 rings (SSSR count). The second-order valence-corrected chi connectivity index (χ2v) is 5.49. The van der Waals surface area contributed by atoms with E-state index in [-0.39, 0.29) is 5.91 Å². The molecule has 1 aromatic carbocycles. The number of H-pyrrole nitrogens is 1. The van der Waals surface area contributed by atoms with Gasteiger partial charge < -0.3 is 9.47 Å². The summed E-state index contributed by atoms with van der Waals surface area (Å²) in [7, 11) is 0. The Morgan fingerprint density at radius 3 is 2.91 bits per heavy atom. The Hall–Kier alpha value is -2.82. The van der Waals surface area contributed by atoms with Crippen molar-refractivity contribution in [3.05, 3.63) is 71.8 Å². The van der Waals surface area contributed by atoms with Crippen molar-refractivity contribution in [2.45, 2.75) is 13.0 Å². The van der Waals surface area contributed by atoms with Gasteiger partial charge in [-0.2, -0.15) is 5.10 Å². The summed E-state index contributed by atoms with van der Waals surface area (Å²) in [6.07, 6.45) is 6.59. The molecule has 0 atom stereocenters. The van der Waals surface area contributed by atoms with Crippen LogP contribution in [0.25, 0.3) is 5.69 Å². The minimum Gasteiger partial charge on any atom is -0.334 e. The highest BCUT2D eigenvalue weighted by atomic mass is 16.2. The number of carbonyl (C=O) groups excluding carboxylic acids is 1. The highest BCUT2D eigenvalue weighted by Gasteiger charge is 2.23.